The van der Waals surface area contributed by atoms with E-state index in [0.29, 0.717) is 16.4 Å². The average molecular weight is 355 g/mol. The topological polar surface area (TPSA) is 72.5 Å². The number of nitrogens with one attached hydrogen (secondary N) is 2. The highest BCUT2D eigenvalue weighted by molar-refractivity contribution is 7.14. The summed E-state index contributed by atoms with van der Waals surface area (Å²) in [4.78, 5) is 16.7. The second-order valence-corrected chi connectivity index (χ2v) is 5.90. The van der Waals surface area contributed by atoms with Crippen molar-refractivity contribution in [2.24, 2.45) is 0 Å². The van der Waals surface area contributed by atoms with Crippen LogP contribution in [0.5, 0.6) is 11.5 Å². The molecule has 1 aromatic heterocycles. The van der Waals surface area contributed by atoms with E-state index in [-0.39, 0.29) is 5.91 Å². The lowest BCUT2D eigenvalue weighted by Gasteiger charge is -2.09. The van der Waals surface area contributed by atoms with Gasteiger partial charge in [-0.15, -0.1) is 11.3 Å². The first-order valence-electron chi connectivity index (χ1n) is 7.50. The van der Waals surface area contributed by atoms with E-state index in [1.165, 1.54) is 18.4 Å². The summed E-state index contributed by atoms with van der Waals surface area (Å²) >= 11 is 1.40. The van der Waals surface area contributed by atoms with Crippen molar-refractivity contribution in [1.29, 1.82) is 0 Å². The number of carbonyl (C=O) groups excluding carboxylic acids is 1. The molecule has 0 radical (unpaired) electrons. The molecule has 0 atom stereocenters. The van der Waals surface area contributed by atoms with E-state index in [9.17, 15) is 4.79 Å². The van der Waals surface area contributed by atoms with E-state index < -0.39 is 0 Å². The van der Waals surface area contributed by atoms with Crippen LogP contribution in [0.4, 0.5) is 5.13 Å². The van der Waals surface area contributed by atoms with E-state index in [1.54, 1.807) is 25.3 Å². The minimum atomic E-state index is -0.293. The molecule has 2 aromatic carbocycles. The maximum atomic E-state index is 12.3. The van der Waals surface area contributed by atoms with E-state index in [1.807, 2.05) is 35.7 Å². The number of hydrazine groups is 1. The third kappa shape index (κ3) is 3.89. The van der Waals surface area contributed by atoms with Crippen molar-refractivity contribution in [3.63, 3.8) is 0 Å². The average Bonchev–Trinajstić information content (AvgIpc) is 3.15. The highest BCUT2D eigenvalue weighted by Crippen LogP contribution is 2.26. The van der Waals surface area contributed by atoms with Crippen LogP contribution >= 0.6 is 11.3 Å². The number of ether oxygens (including phenoxy) is 2. The van der Waals surface area contributed by atoms with Crippen LogP contribution in [-0.4, -0.2) is 25.1 Å². The molecule has 3 rings (SSSR count). The van der Waals surface area contributed by atoms with Crippen molar-refractivity contribution in [2.75, 3.05) is 19.6 Å². The van der Waals surface area contributed by atoms with Crippen molar-refractivity contribution < 1.29 is 14.3 Å². The van der Waals surface area contributed by atoms with Crippen molar-refractivity contribution in [2.45, 2.75) is 0 Å². The fourth-order valence-corrected chi connectivity index (χ4v) is 2.91. The molecule has 0 unspecified atom stereocenters. The molecule has 0 bridgehead atoms. The molecule has 1 amide bonds. The Hall–Kier alpha value is -3.06. The van der Waals surface area contributed by atoms with Crippen molar-refractivity contribution in [1.82, 2.24) is 10.4 Å². The van der Waals surface area contributed by atoms with E-state index in [2.05, 4.69) is 15.8 Å². The van der Waals surface area contributed by atoms with Crippen LogP contribution in [0, 0.1) is 0 Å². The van der Waals surface area contributed by atoms with Crippen LogP contribution in [0.15, 0.2) is 53.9 Å². The number of rotatable bonds is 6. The zero-order valence-electron chi connectivity index (χ0n) is 13.8. The first-order valence-corrected chi connectivity index (χ1v) is 8.38. The molecular formula is C18H17N3O3S. The summed E-state index contributed by atoms with van der Waals surface area (Å²) in [5, 5.41) is 2.51. The fourth-order valence-electron chi connectivity index (χ4n) is 2.24. The molecule has 128 valence electrons. The van der Waals surface area contributed by atoms with Gasteiger partial charge in [-0.3, -0.25) is 15.6 Å². The quantitative estimate of drug-likeness (QED) is 0.661. The third-order valence-electron chi connectivity index (χ3n) is 3.52. The van der Waals surface area contributed by atoms with Crippen LogP contribution in [0.2, 0.25) is 0 Å². The van der Waals surface area contributed by atoms with Gasteiger partial charge in [0.2, 0.25) is 5.13 Å². The SMILES string of the molecule is COc1ccc(-c2csc(NNC(=O)c3ccccc3OC)n2)cc1. The molecule has 7 heteroatoms. The first kappa shape index (κ1) is 16.8. The number of hydrogen-bond acceptors (Lipinski definition) is 6. The van der Waals surface area contributed by atoms with Gasteiger partial charge in [0.05, 0.1) is 25.5 Å². The lowest BCUT2D eigenvalue weighted by molar-refractivity contribution is 0.0959. The number of anilines is 1. The van der Waals surface area contributed by atoms with Gasteiger partial charge in [0.1, 0.15) is 11.5 Å². The van der Waals surface area contributed by atoms with Crippen molar-refractivity contribution in [3.8, 4) is 22.8 Å². The molecule has 2 N–H and O–H groups in total. The smallest absolute Gasteiger partial charge is 0.273 e. The van der Waals surface area contributed by atoms with Gasteiger partial charge in [-0.05, 0) is 36.4 Å². The molecule has 1 heterocycles. The number of aromatic nitrogens is 1. The monoisotopic (exact) mass is 355 g/mol. The van der Waals surface area contributed by atoms with Crippen LogP contribution < -0.4 is 20.3 Å². The van der Waals surface area contributed by atoms with Gasteiger partial charge >= 0.3 is 0 Å². The lowest BCUT2D eigenvalue weighted by Crippen LogP contribution is -2.29. The Morgan fingerprint density at radius 3 is 2.52 bits per heavy atom. The number of thiazole rings is 1. The van der Waals surface area contributed by atoms with E-state index >= 15 is 0 Å². The zero-order valence-corrected chi connectivity index (χ0v) is 14.6. The summed E-state index contributed by atoms with van der Waals surface area (Å²) < 4.78 is 10.3. The molecule has 25 heavy (non-hydrogen) atoms. The maximum absolute atomic E-state index is 12.3. The number of hydrogen-bond donors (Lipinski definition) is 2. The summed E-state index contributed by atoms with van der Waals surface area (Å²) in [5.74, 6) is 1.01. The Bertz CT molecular complexity index is 862. The Balaban J connectivity index is 1.66. The van der Waals surface area contributed by atoms with Crippen LogP contribution in [0.25, 0.3) is 11.3 Å². The van der Waals surface area contributed by atoms with Gasteiger partial charge in [-0.25, -0.2) is 4.98 Å². The number of methoxy groups -OCH3 is 2. The van der Waals surface area contributed by atoms with Gasteiger partial charge in [0.25, 0.3) is 5.91 Å². The Kier molecular flexibility index (Phi) is 5.15. The zero-order chi connectivity index (χ0) is 17.6. The molecule has 0 aliphatic rings. The molecule has 0 spiro atoms. The molecule has 0 saturated heterocycles. The predicted molar refractivity (Wildman–Crippen MR) is 98.2 cm³/mol. The fraction of sp³-hybridized carbons (Fsp3) is 0.111. The highest BCUT2D eigenvalue weighted by atomic mass is 32.1. The number of nitrogens with zero attached hydrogens (tertiary/aromatic N) is 1. The first-order chi connectivity index (χ1) is 12.2. The van der Waals surface area contributed by atoms with Crippen molar-refractivity contribution in [3.05, 3.63) is 59.5 Å². The molecular weight excluding hydrogens is 338 g/mol. The van der Waals surface area contributed by atoms with Gasteiger partial charge < -0.3 is 9.47 Å². The summed E-state index contributed by atoms with van der Waals surface area (Å²) in [7, 11) is 3.16. The van der Waals surface area contributed by atoms with Crippen LogP contribution in [0.3, 0.4) is 0 Å². The van der Waals surface area contributed by atoms with Crippen LogP contribution in [0.1, 0.15) is 10.4 Å². The largest absolute Gasteiger partial charge is 0.497 e. The second kappa shape index (κ2) is 7.67. The number of benzene rings is 2. The number of para-hydroxylation sites is 1. The Morgan fingerprint density at radius 2 is 1.80 bits per heavy atom. The van der Waals surface area contributed by atoms with Gasteiger partial charge in [0, 0.05) is 10.9 Å². The second-order valence-electron chi connectivity index (χ2n) is 5.05. The minimum Gasteiger partial charge on any atom is -0.497 e. The summed E-state index contributed by atoms with van der Waals surface area (Å²) in [6.07, 6.45) is 0. The Morgan fingerprint density at radius 1 is 1.04 bits per heavy atom. The van der Waals surface area contributed by atoms with E-state index in [4.69, 9.17) is 9.47 Å². The highest BCUT2D eigenvalue weighted by Gasteiger charge is 2.12. The lowest BCUT2D eigenvalue weighted by atomic mass is 10.2. The standard InChI is InChI=1S/C18H17N3O3S/c1-23-13-9-7-12(8-10-13)15-11-25-18(19-15)21-20-17(22)14-5-3-4-6-16(14)24-2/h3-11H,1-2H3,(H,19,21)(H,20,22). The third-order valence-corrected chi connectivity index (χ3v) is 4.28. The number of carbonyl (C=O) groups is 1. The predicted octanol–water partition coefficient (Wildman–Crippen LogP) is 3.58. The van der Waals surface area contributed by atoms with Gasteiger partial charge in [-0.2, -0.15) is 0 Å². The normalized spacial score (nSPS) is 10.2. The number of amides is 1. The van der Waals surface area contributed by atoms with Gasteiger partial charge in [-0.1, -0.05) is 12.1 Å². The molecule has 0 aliphatic heterocycles. The molecule has 0 fully saturated rings. The molecule has 3 aromatic rings. The maximum Gasteiger partial charge on any atom is 0.273 e. The molecule has 6 nitrogen and oxygen atoms in total. The van der Waals surface area contributed by atoms with E-state index in [0.717, 1.165) is 17.0 Å². The summed E-state index contributed by atoms with van der Waals surface area (Å²) in [5.41, 5.74) is 7.71. The minimum absolute atomic E-state index is 0.293. The van der Waals surface area contributed by atoms with Crippen LogP contribution in [-0.2, 0) is 0 Å². The Labute approximate surface area is 149 Å². The summed E-state index contributed by atoms with van der Waals surface area (Å²) in [6.45, 7) is 0. The molecule has 0 aliphatic carbocycles. The van der Waals surface area contributed by atoms with Gasteiger partial charge in [0.15, 0.2) is 0 Å². The summed E-state index contributed by atoms with van der Waals surface area (Å²) in [6, 6.07) is 14.7. The molecule has 0 saturated carbocycles. The van der Waals surface area contributed by atoms with Crippen molar-refractivity contribution >= 4 is 22.4 Å².